The molecule has 0 aliphatic carbocycles. The molecule has 5 nitrogen and oxygen atoms in total. The number of nitrogens with zero attached hydrogens (tertiary/aromatic N) is 5. The van der Waals surface area contributed by atoms with Crippen LogP contribution < -0.4 is 0 Å². The van der Waals surface area contributed by atoms with E-state index in [-0.39, 0.29) is 0 Å². The predicted molar refractivity (Wildman–Crippen MR) is 200 cm³/mol. The van der Waals surface area contributed by atoms with Crippen molar-refractivity contribution in [3.05, 3.63) is 168 Å². The van der Waals surface area contributed by atoms with E-state index in [1.54, 1.807) is 12.1 Å². The van der Waals surface area contributed by atoms with E-state index in [0.29, 0.717) is 16.7 Å². The van der Waals surface area contributed by atoms with Crippen molar-refractivity contribution >= 4 is 43.6 Å². The van der Waals surface area contributed by atoms with Crippen molar-refractivity contribution in [2.75, 3.05) is 0 Å². The number of rotatable bonds is 4. The quantitative estimate of drug-likeness (QED) is 0.193. The van der Waals surface area contributed by atoms with Gasteiger partial charge < -0.3 is 9.13 Å². The Hall–Kier alpha value is -7.39. The van der Waals surface area contributed by atoms with Gasteiger partial charge in [-0.1, -0.05) is 66.7 Å². The third kappa shape index (κ3) is 4.53. The maximum Gasteiger partial charge on any atom is 0.0992 e. The van der Waals surface area contributed by atoms with Gasteiger partial charge in [-0.3, -0.25) is 0 Å². The molecule has 0 aliphatic rings. The summed E-state index contributed by atoms with van der Waals surface area (Å²) < 4.78 is 4.44. The van der Waals surface area contributed by atoms with E-state index in [1.165, 1.54) is 10.8 Å². The van der Waals surface area contributed by atoms with Crippen molar-refractivity contribution < 1.29 is 0 Å². The van der Waals surface area contributed by atoms with Gasteiger partial charge in [-0.15, -0.1) is 0 Å². The van der Waals surface area contributed by atoms with Crippen molar-refractivity contribution in [3.63, 3.8) is 0 Å². The molecule has 0 N–H and O–H groups in total. The maximum atomic E-state index is 10.3. The number of benzene rings is 7. The molecule has 2 aromatic heterocycles. The van der Waals surface area contributed by atoms with Crippen LogP contribution in [0.5, 0.6) is 0 Å². The molecule has 0 bridgehead atoms. The maximum absolute atomic E-state index is 10.3. The van der Waals surface area contributed by atoms with Gasteiger partial charge in [-0.05, 0) is 107 Å². The van der Waals surface area contributed by atoms with Crippen LogP contribution >= 0.6 is 0 Å². The van der Waals surface area contributed by atoms with Gasteiger partial charge in [0.05, 0.1) is 57.0 Å². The van der Waals surface area contributed by atoms with Crippen LogP contribution in [0.2, 0.25) is 0 Å². The minimum Gasteiger partial charge on any atom is -0.309 e. The van der Waals surface area contributed by atoms with E-state index in [1.807, 2.05) is 54.6 Å². The van der Waals surface area contributed by atoms with Crippen LogP contribution in [0.15, 0.2) is 152 Å². The molecule has 0 unspecified atom stereocenters. The zero-order valence-electron chi connectivity index (χ0n) is 26.7. The van der Waals surface area contributed by atoms with Gasteiger partial charge in [0.2, 0.25) is 0 Å². The van der Waals surface area contributed by atoms with E-state index in [0.717, 1.165) is 66.5 Å². The first-order valence-electron chi connectivity index (χ1n) is 16.3. The van der Waals surface area contributed by atoms with E-state index < -0.39 is 0 Å². The lowest BCUT2D eigenvalue weighted by Crippen LogP contribution is -1.98. The number of hydrogen-bond donors (Lipinski definition) is 0. The fourth-order valence-electron chi connectivity index (χ4n) is 7.32. The topological polar surface area (TPSA) is 81.2 Å². The summed E-state index contributed by atoms with van der Waals surface area (Å²) in [5.41, 5.74) is 11.5. The number of nitriles is 3. The molecule has 230 valence electrons. The first-order chi connectivity index (χ1) is 24.6. The Kier molecular flexibility index (Phi) is 6.56. The Bertz CT molecular complexity index is 2830. The SMILES string of the molecule is N#Cc1cc(-c2cc(-c3ccccc3)cc(-n3c4ccccc4c4ccccc43)c2)cc(-n2c3ccc(C#N)cc3c3cc(C#N)ccc32)c1. The number of para-hydroxylation sites is 2. The molecule has 9 aromatic rings. The van der Waals surface area contributed by atoms with E-state index >= 15 is 0 Å². The van der Waals surface area contributed by atoms with Gasteiger partial charge >= 0.3 is 0 Å². The smallest absolute Gasteiger partial charge is 0.0992 e. The molecule has 5 heteroatoms. The van der Waals surface area contributed by atoms with Gasteiger partial charge in [0.25, 0.3) is 0 Å². The normalized spacial score (nSPS) is 11.1. The van der Waals surface area contributed by atoms with Gasteiger partial charge in [0, 0.05) is 32.9 Å². The van der Waals surface area contributed by atoms with Gasteiger partial charge in [0.15, 0.2) is 0 Å². The summed E-state index contributed by atoms with van der Waals surface area (Å²) in [5, 5.41) is 33.8. The molecule has 0 radical (unpaired) electrons. The second kappa shape index (κ2) is 11.4. The van der Waals surface area contributed by atoms with Crippen LogP contribution in [0.25, 0.3) is 77.2 Å². The second-order valence-electron chi connectivity index (χ2n) is 12.4. The molecule has 50 heavy (non-hydrogen) atoms. The molecule has 0 atom stereocenters. The summed E-state index contributed by atoms with van der Waals surface area (Å²) in [7, 11) is 0. The zero-order chi connectivity index (χ0) is 33.8. The van der Waals surface area contributed by atoms with Crippen molar-refractivity contribution in [2.24, 2.45) is 0 Å². The third-order valence-corrected chi connectivity index (χ3v) is 9.52. The molecule has 0 spiro atoms. The highest BCUT2D eigenvalue weighted by Gasteiger charge is 2.18. The summed E-state index contributed by atoms with van der Waals surface area (Å²) in [6.45, 7) is 0. The highest BCUT2D eigenvalue weighted by atomic mass is 15.0. The summed E-state index contributed by atoms with van der Waals surface area (Å²) in [5.74, 6) is 0. The van der Waals surface area contributed by atoms with Crippen LogP contribution in [0.3, 0.4) is 0 Å². The Morgan fingerprint density at radius 2 is 0.760 bits per heavy atom. The second-order valence-corrected chi connectivity index (χ2v) is 12.4. The monoisotopic (exact) mass is 635 g/mol. The molecule has 9 rings (SSSR count). The van der Waals surface area contributed by atoms with E-state index in [4.69, 9.17) is 0 Å². The molecule has 0 aliphatic heterocycles. The van der Waals surface area contributed by atoms with E-state index in [2.05, 4.69) is 112 Å². The summed E-state index contributed by atoms with van der Waals surface area (Å²) in [4.78, 5) is 0. The standard InChI is InChI=1S/C45H25N5/c46-26-29-14-16-44-40(20-29)41-21-30(27-47)15-17-45(41)49(44)36-19-31(28-48)18-33(23-36)35-22-34(32-8-2-1-3-9-32)24-37(25-35)50-42-12-6-4-10-38(42)39-11-5-7-13-43(39)50/h1-25H. The Balaban J connectivity index is 1.33. The van der Waals surface area contributed by atoms with Crippen LogP contribution in [-0.4, -0.2) is 9.13 Å². The first kappa shape index (κ1) is 28.8. The minimum absolute atomic E-state index is 0.526. The van der Waals surface area contributed by atoms with Crippen LogP contribution in [0.1, 0.15) is 16.7 Å². The molecule has 0 amide bonds. The lowest BCUT2D eigenvalue weighted by Gasteiger charge is -2.16. The Morgan fingerprint density at radius 3 is 1.30 bits per heavy atom. The van der Waals surface area contributed by atoms with Gasteiger partial charge in [0.1, 0.15) is 0 Å². The minimum atomic E-state index is 0.526. The van der Waals surface area contributed by atoms with E-state index in [9.17, 15) is 15.8 Å². The molecule has 0 fully saturated rings. The average molecular weight is 636 g/mol. The first-order valence-corrected chi connectivity index (χ1v) is 16.3. The molecular weight excluding hydrogens is 611 g/mol. The Morgan fingerprint density at radius 1 is 0.320 bits per heavy atom. The van der Waals surface area contributed by atoms with Gasteiger partial charge in [-0.25, -0.2) is 0 Å². The largest absolute Gasteiger partial charge is 0.309 e. The molecule has 0 saturated heterocycles. The predicted octanol–water partition coefficient (Wildman–Crippen LogP) is 10.8. The van der Waals surface area contributed by atoms with Crippen molar-refractivity contribution in [1.29, 1.82) is 15.8 Å². The van der Waals surface area contributed by atoms with Crippen LogP contribution in [0, 0.1) is 34.0 Å². The fraction of sp³-hybridized carbons (Fsp3) is 0. The highest BCUT2D eigenvalue weighted by Crippen LogP contribution is 2.38. The molecule has 7 aromatic carbocycles. The number of hydrogen-bond acceptors (Lipinski definition) is 3. The summed E-state index contributed by atoms with van der Waals surface area (Å²) in [6.07, 6.45) is 0. The number of aromatic nitrogens is 2. The Labute approximate surface area is 287 Å². The third-order valence-electron chi connectivity index (χ3n) is 9.52. The van der Waals surface area contributed by atoms with Crippen molar-refractivity contribution in [3.8, 4) is 51.8 Å². The van der Waals surface area contributed by atoms with Crippen molar-refractivity contribution in [2.45, 2.75) is 0 Å². The summed E-state index contributed by atoms with van der Waals surface area (Å²) in [6, 6.07) is 58.1. The molecular formula is C45H25N5. The van der Waals surface area contributed by atoms with Gasteiger partial charge in [-0.2, -0.15) is 15.8 Å². The zero-order valence-corrected chi connectivity index (χ0v) is 26.7. The summed E-state index contributed by atoms with van der Waals surface area (Å²) >= 11 is 0. The molecule has 0 saturated carbocycles. The average Bonchev–Trinajstić information content (AvgIpc) is 3.70. The molecule has 2 heterocycles. The van der Waals surface area contributed by atoms with Crippen LogP contribution in [-0.2, 0) is 0 Å². The van der Waals surface area contributed by atoms with Crippen LogP contribution in [0.4, 0.5) is 0 Å². The highest BCUT2D eigenvalue weighted by molar-refractivity contribution is 6.11. The lowest BCUT2D eigenvalue weighted by molar-refractivity contribution is 1.17. The fourth-order valence-corrected chi connectivity index (χ4v) is 7.32. The number of fused-ring (bicyclic) bond motifs is 6. The lowest BCUT2D eigenvalue weighted by atomic mass is 9.96. The van der Waals surface area contributed by atoms with Crippen molar-refractivity contribution in [1.82, 2.24) is 9.13 Å².